The molecule has 4 N–H and O–H groups in total. The quantitative estimate of drug-likeness (QED) is 0.0547. The van der Waals surface area contributed by atoms with Crippen LogP contribution in [0.2, 0.25) is 0 Å². The van der Waals surface area contributed by atoms with Gasteiger partial charge in [-0.15, -0.1) is 0 Å². The van der Waals surface area contributed by atoms with Gasteiger partial charge in [-0.05, 0) is 138 Å². The number of likely N-dealkylation sites (tertiary alicyclic amines) is 1. The number of nitrogens with one attached hydrogen (secondary N) is 1. The SMILES string of the molecule is C=CC(=O)N1CCN(c2nc(OCCC)nc3c2CCN(c2cc(O)cc4ccccc24)C3)C[C@@H]1CC#N.C=CC(=O)N1CCN(c2nc(OC[C@@H]3CCCN3C)nc3c2CCN(c2c(C)c(O)cc4ccccc24)C3)CC1.C=CC(=O)N1CCN(c2nc(OC[C@H]3CCC(C)(C)N3)nc3c2CCN(c2cc(O)cc4ccccc24)C3)CC1.S. The van der Waals surface area contributed by atoms with Crippen molar-refractivity contribution in [3.8, 4) is 41.3 Å². The van der Waals surface area contributed by atoms with Crippen LogP contribution in [0, 0.1) is 18.3 Å². The number of likely N-dealkylation sites (N-methyl/N-ethyl adjacent to an activating group) is 1. The Morgan fingerprint density at radius 3 is 1.49 bits per heavy atom. The molecule has 28 heteroatoms. The first-order valence-corrected chi connectivity index (χ1v) is 41.6. The second-order valence-corrected chi connectivity index (χ2v) is 32.5. The van der Waals surface area contributed by atoms with Gasteiger partial charge in [0.25, 0.3) is 0 Å². The molecule has 3 aromatic heterocycles. The maximum absolute atomic E-state index is 12.4. The second kappa shape index (κ2) is 37.1. The smallest absolute Gasteiger partial charge is 0.318 e. The molecule has 9 aromatic rings. The van der Waals surface area contributed by atoms with E-state index in [0.717, 1.165) is 177 Å². The number of nitrogens with zero attached hydrogens (tertiary/aromatic N) is 17. The molecule has 624 valence electrons. The number of phenolic OH excluding ortho intramolecular Hbond substituents is 3. The lowest BCUT2D eigenvalue weighted by atomic mass is 9.99. The highest BCUT2D eigenvalue weighted by atomic mass is 32.1. The fraction of sp³-hybridized carbons (Fsp3) is 0.429. The zero-order valence-corrected chi connectivity index (χ0v) is 70.0. The molecule has 0 spiro atoms. The summed E-state index contributed by atoms with van der Waals surface area (Å²) < 4.78 is 18.4. The molecule has 8 aliphatic heterocycles. The van der Waals surface area contributed by atoms with E-state index in [0.29, 0.717) is 141 Å². The van der Waals surface area contributed by atoms with E-state index in [4.69, 9.17) is 44.1 Å². The summed E-state index contributed by atoms with van der Waals surface area (Å²) in [6, 6.07) is 37.2. The number of carbonyl (C=O) groups excluding carboxylic acids is 3. The van der Waals surface area contributed by atoms with Gasteiger partial charge >= 0.3 is 18.0 Å². The Morgan fingerprint density at radius 1 is 0.546 bits per heavy atom. The van der Waals surface area contributed by atoms with Gasteiger partial charge in [-0.25, -0.2) is 0 Å². The van der Waals surface area contributed by atoms with Gasteiger partial charge in [0.15, 0.2) is 0 Å². The fourth-order valence-electron chi connectivity index (χ4n) is 18.0. The summed E-state index contributed by atoms with van der Waals surface area (Å²) in [5, 5.41) is 51.0. The number of piperazine rings is 3. The first-order chi connectivity index (χ1) is 57.2. The third-order valence-corrected chi connectivity index (χ3v) is 24.3. The average molecular weight is 1630 g/mol. The number of nitriles is 1. The van der Waals surface area contributed by atoms with Crippen LogP contribution in [0.15, 0.2) is 141 Å². The van der Waals surface area contributed by atoms with Crippen molar-refractivity contribution >= 4 is 98.1 Å². The number of hydrogen-bond acceptors (Lipinski definition) is 24. The van der Waals surface area contributed by atoms with E-state index in [9.17, 15) is 35.0 Å². The van der Waals surface area contributed by atoms with Crippen molar-refractivity contribution in [2.24, 2.45) is 0 Å². The molecule has 3 amide bonds. The van der Waals surface area contributed by atoms with Crippen molar-refractivity contribution in [3.05, 3.63) is 180 Å². The topological polar surface area (TPSA) is 285 Å². The minimum absolute atomic E-state index is 0. The average Bonchev–Trinajstić information content (AvgIpc) is 1.56. The third kappa shape index (κ3) is 18.6. The zero-order valence-electron chi connectivity index (χ0n) is 69.0. The van der Waals surface area contributed by atoms with E-state index in [1.165, 1.54) is 24.6 Å². The fourth-order valence-corrected chi connectivity index (χ4v) is 18.0. The summed E-state index contributed by atoms with van der Waals surface area (Å²) in [6.07, 6.45) is 11.9. The van der Waals surface area contributed by atoms with Crippen LogP contribution in [-0.4, -0.2) is 231 Å². The summed E-state index contributed by atoms with van der Waals surface area (Å²) in [4.78, 5) is 87.4. The van der Waals surface area contributed by atoms with Crippen LogP contribution in [-0.2, 0) is 53.3 Å². The van der Waals surface area contributed by atoms with Gasteiger partial charge in [0.2, 0.25) is 17.7 Å². The minimum atomic E-state index is -0.247. The molecule has 5 saturated heterocycles. The van der Waals surface area contributed by atoms with Gasteiger partial charge in [-0.2, -0.15) is 48.7 Å². The van der Waals surface area contributed by atoms with Crippen LogP contribution in [0.1, 0.15) is 98.6 Å². The van der Waals surface area contributed by atoms with E-state index in [1.54, 1.807) is 17.0 Å². The van der Waals surface area contributed by atoms with E-state index in [-0.39, 0.29) is 66.8 Å². The van der Waals surface area contributed by atoms with E-state index in [1.807, 2.05) is 96.4 Å². The molecule has 11 heterocycles. The lowest BCUT2D eigenvalue weighted by molar-refractivity contribution is -0.128. The largest absolute Gasteiger partial charge is 0.508 e. The van der Waals surface area contributed by atoms with Gasteiger partial charge in [0.1, 0.15) is 47.9 Å². The number of fused-ring (bicyclic) bond motifs is 6. The Kier molecular flexibility index (Phi) is 26.1. The van der Waals surface area contributed by atoms with Crippen LogP contribution >= 0.6 is 13.5 Å². The molecule has 8 aliphatic rings. The number of carbonyl (C=O) groups is 3. The summed E-state index contributed by atoms with van der Waals surface area (Å²) in [5.41, 5.74) is 10.1. The van der Waals surface area contributed by atoms with Crippen molar-refractivity contribution in [3.63, 3.8) is 0 Å². The number of rotatable bonds is 19. The van der Waals surface area contributed by atoms with Crippen LogP contribution < -0.4 is 48.9 Å². The monoisotopic (exact) mass is 1630 g/mol. The maximum atomic E-state index is 12.4. The molecular weight excluding hydrogens is 1520 g/mol. The molecule has 3 atom stereocenters. The van der Waals surface area contributed by atoms with Crippen LogP contribution in [0.25, 0.3) is 32.3 Å². The van der Waals surface area contributed by atoms with Gasteiger partial charge in [-0.1, -0.05) is 99.5 Å². The molecule has 5 fully saturated rings. The second-order valence-electron chi connectivity index (χ2n) is 32.5. The number of anilines is 6. The van der Waals surface area contributed by atoms with Crippen LogP contribution in [0.3, 0.4) is 0 Å². The minimum Gasteiger partial charge on any atom is -0.508 e. The summed E-state index contributed by atoms with van der Waals surface area (Å²) >= 11 is 0. The number of aromatic hydroxyl groups is 3. The Morgan fingerprint density at radius 2 is 1.01 bits per heavy atom. The highest BCUT2D eigenvalue weighted by Crippen LogP contribution is 2.43. The van der Waals surface area contributed by atoms with E-state index < -0.39 is 0 Å². The summed E-state index contributed by atoms with van der Waals surface area (Å²) in [6.45, 7) is 33.0. The van der Waals surface area contributed by atoms with E-state index in [2.05, 4.69) is 105 Å². The molecule has 0 saturated carbocycles. The number of amides is 3. The summed E-state index contributed by atoms with van der Waals surface area (Å²) in [7, 11) is 2.14. The molecule has 27 nitrogen and oxygen atoms in total. The molecule has 6 aromatic carbocycles. The lowest BCUT2D eigenvalue weighted by Gasteiger charge is -2.42. The Balaban J connectivity index is 0.000000146. The number of ether oxygens (including phenoxy) is 3. The molecular formula is C91H110N18O9S. The molecule has 0 aliphatic carbocycles. The summed E-state index contributed by atoms with van der Waals surface area (Å²) in [5.74, 6) is 3.22. The van der Waals surface area contributed by atoms with Crippen molar-refractivity contribution in [1.29, 1.82) is 5.26 Å². The van der Waals surface area contributed by atoms with E-state index >= 15 is 0 Å². The van der Waals surface area contributed by atoms with Crippen LogP contribution in [0.4, 0.5) is 34.5 Å². The molecule has 0 radical (unpaired) electrons. The molecule has 17 rings (SSSR count). The first-order valence-electron chi connectivity index (χ1n) is 41.6. The van der Waals surface area contributed by atoms with Gasteiger partial charge in [-0.3, -0.25) is 14.4 Å². The Bertz CT molecular complexity index is 5300. The zero-order chi connectivity index (χ0) is 82.3. The highest BCUT2D eigenvalue weighted by molar-refractivity contribution is 7.59. The van der Waals surface area contributed by atoms with Crippen molar-refractivity contribution in [1.82, 2.24) is 54.8 Å². The van der Waals surface area contributed by atoms with Gasteiger partial charge < -0.3 is 83.8 Å². The number of phenols is 3. The van der Waals surface area contributed by atoms with Crippen molar-refractivity contribution < 1.29 is 43.9 Å². The maximum Gasteiger partial charge on any atom is 0.318 e. The normalized spacial score (nSPS) is 19.0. The van der Waals surface area contributed by atoms with Gasteiger partial charge in [0, 0.05) is 171 Å². The van der Waals surface area contributed by atoms with Crippen molar-refractivity contribution in [2.45, 2.75) is 129 Å². The Labute approximate surface area is 703 Å². The highest BCUT2D eigenvalue weighted by Gasteiger charge is 2.38. The molecule has 0 unspecified atom stereocenters. The number of benzene rings is 6. The third-order valence-electron chi connectivity index (χ3n) is 24.3. The molecule has 0 bridgehead atoms. The standard InChI is InChI=1S/2C31H38N6O3.C29H32N6O3.H2S/c1-4-28(39)35-14-16-36(17-15-35)30-25-11-13-37(29-21(2)27(38)18-22-8-5-6-10-24(22)29)19-26(25)32-31(33-30)40-20-23-9-7-12-34(23)3;1-4-28(39)35-13-15-36(16-14-35)29-25-10-12-37(27-18-23(38)17-21-7-5-6-8-24(21)27)19-26(25)32-30(33-29)40-20-22-9-11-31(2,3)34-22;1-3-15-38-29-31-25-19-33(26-17-22(36)16-20-7-5-6-8-23(20)26)12-10-24(25)28(32-29)34-13-14-35(27(37)4-2)21(18-34)9-11-30;/h4-6,8,10,18,23,38H,1,7,9,11-17,19-20H2,2-3H3;4-8,17-18,22,34,38H,1,9-16,19-20H2,2-3H3;4-8,16-17,21,36H,2-3,9-10,12-15,18-19H2,1H3;1H2/t23-;22-;21-;/m010./s1. The lowest BCUT2D eigenvalue weighted by Crippen LogP contribution is -2.55. The number of aromatic nitrogens is 6. The Hall–Kier alpha value is -11.7. The van der Waals surface area contributed by atoms with Crippen LogP contribution in [0.5, 0.6) is 35.3 Å². The predicted molar refractivity (Wildman–Crippen MR) is 471 cm³/mol. The molecule has 119 heavy (non-hydrogen) atoms. The first kappa shape index (κ1) is 83.8. The predicted octanol–water partition coefficient (Wildman–Crippen LogP) is 11.1. The van der Waals surface area contributed by atoms with Gasteiger partial charge in [0.05, 0.1) is 67.5 Å². The van der Waals surface area contributed by atoms with Crippen molar-refractivity contribution in [2.75, 3.05) is 154 Å². The number of hydrogen-bond donors (Lipinski definition) is 4.